The molecule has 4 rings (SSSR count). The Morgan fingerprint density at radius 1 is 0.673 bits per heavy atom. The van der Waals surface area contributed by atoms with Gasteiger partial charge in [0, 0.05) is 49.7 Å². The maximum atomic E-state index is 12.8. The molecule has 286 valence electrons. The Hall–Kier alpha value is -4.16. The second-order valence-corrected chi connectivity index (χ2v) is 15.2. The lowest BCUT2D eigenvalue weighted by molar-refractivity contribution is -0.125. The standard InChI is InChI=1S/C40H60N6O6/c1-25(2)37-39(51)43-31(23-47)21-27-19-29(15-17-33(27)45(37)5)41-35(49)13-11-9-7-8-10-12-14-36(50)42-30-16-18-34-28(20-30)22-32(24-48)44-40(52)38(26(3)4)46(34)6/h15-20,25-26,31-32,37-38,47-48H,7-14,21-24H2,1-6H3,(H,41,49)(H,42,50)(H,43,51)(H,44,52)/t31-,32+,37-,38+. The van der Waals surface area contributed by atoms with Crippen LogP contribution in [0, 0.1) is 11.8 Å². The molecule has 2 aromatic carbocycles. The number of nitrogens with one attached hydrogen (secondary N) is 4. The molecule has 6 N–H and O–H groups in total. The van der Waals surface area contributed by atoms with Gasteiger partial charge in [-0.1, -0.05) is 53.4 Å². The third-order valence-corrected chi connectivity index (χ3v) is 10.2. The van der Waals surface area contributed by atoms with Gasteiger partial charge >= 0.3 is 0 Å². The van der Waals surface area contributed by atoms with E-state index in [-0.39, 0.29) is 72.8 Å². The summed E-state index contributed by atoms with van der Waals surface area (Å²) in [5.41, 5.74) is 5.19. The number of hydrogen-bond donors (Lipinski definition) is 6. The van der Waals surface area contributed by atoms with Crippen molar-refractivity contribution in [3.63, 3.8) is 0 Å². The summed E-state index contributed by atoms with van der Waals surface area (Å²) in [6.45, 7) is 7.70. The van der Waals surface area contributed by atoms with Crippen molar-refractivity contribution in [1.29, 1.82) is 0 Å². The van der Waals surface area contributed by atoms with Crippen molar-refractivity contribution in [2.75, 3.05) is 47.7 Å². The number of carbonyl (C=O) groups excluding carboxylic acids is 4. The molecule has 12 heteroatoms. The maximum Gasteiger partial charge on any atom is 0.243 e. The first-order chi connectivity index (χ1) is 24.8. The summed E-state index contributed by atoms with van der Waals surface area (Å²) < 4.78 is 0. The minimum Gasteiger partial charge on any atom is -0.394 e. The van der Waals surface area contributed by atoms with E-state index in [9.17, 15) is 29.4 Å². The Kier molecular flexibility index (Phi) is 14.9. The highest BCUT2D eigenvalue weighted by atomic mass is 16.3. The lowest BCUT2D eigenvalue weighted by Gasteiger charge is -2.37. The van der Waals surface area contributed by atoms with Gasteiger partial charge < -0.3 is 41.3 Å². The smallest absolute Gasteiger partial charge is 0.243 e. The number of likely N-dealkylation sites (N-methyl/N-ethyl adjacent to an activating group) is 2. The Bertz CT molecular complexity index is 1430. The fourth-order valence-corrected chi connectivity index (χ4v) is 7.64. The molecule has 0 fully saturated rings. The van der Waals surface area contributed by atoms with Gasteiger partial charge in [-0.3, -0.25) is 19.2 Å². The van der Waals surface area contributed by atoms with E-state index in [0.29, 0.717) is 37.1 Å². The molecule has 0 aliphatic carbocycles. The van der Waals surface area contributed by atoms with Crippen LogP contribution in [0.2, 0.25) is 0 Å². The molecule has 0 saturated heterocycles. The normalized spacial score (nSPS) is 20.6. The van der Waals surface area contributed by atoms with Crippen molar-refractivity contribution in [2.45, 2.75) is 116 Å². The van der Waals surface area contributed by atoms with E-state index >= 15 is 0 Å². The second-order valence-electron chi connectivity index (χ2n) is 15.2. The van der Waals surface area contributed by atoms with Gasteiger partial charge in [-0.25, -0.2) is 0 Å². The highest BCUT2D eigenvalue weighted by Crippen LogP contribution is 2.31. The summed E-state index contributed by atoms with van der Waals surface area (Å²) >= 11 is 0. The largest absolute Gasteiger partial charge is 0.394 e. The van der Waals surface area contributed by atoms with Crippen LogP contribution < -0.4 is 31.1 Å². The van der Waals surface area contributed by atoms with Gasteiger partial charge in [-0.15, -0.1) is 0 Å². The third kappa shape index (κ3) is 10.7. The van der Waals surface area contributed by atoms with Crippen LogP contribution in [0.1, 0.15) is 90.2 Å². The van der Waals surface area contributed by atoms with E-state index in [0.717, 1.165) is 61.0 Å². The molecule has 2 aromatic rings. The van der Waals surface area contributed by atoms with E-state index in [1.807, 2.05) is 88.0 Å². The topological polar surface area (TPSA) is 163 Å². The van der Waals surface area contributed by atoms with Gasteiger partial charge in [0.15, 0.2) is 0 Å². The minimum absolute atomic E-state index is 0.0424. The average Bonchev–Trinajstić information content (AvgIpc) is 3.07. The zero-order valence-electron chi connectivity index (χ0n) is 31.8. The Labute approximate surface area is 309 Å². The number of unbranched alkanes of at least 4 members (excludes halogenated alkanes) is 5. The number of hydrogen-bond acceptors (Lipinski definition) is 8. The zero-order chi connectivity index (χ0) is 37.9. The molecular weight excluding hydrogens is 660 g/mol. The van der Waals surface area contributed by atoms with Crippen LogP contribution >= 0.6 is 0 Å². The molecule has 4 atom stereocenters. The van der Waals surface area contributed by atoms with Crippen molar-refractivity contribution < 1.29 is 29.4 Å². The van der Waals surface area contributed by atoms with Crippen molar-refractivity contribution in [3.8, 4) is 0 Å². The summed E-state index contributed by atoms with van der Waals surface area (Å²) in [5, 5.41) is 31.7. The monoisotopic (exact) mass is 720 g/mol. The molecular formula is C40H60N6O6. The predicted molar refractivity (Wildman–Crippen MR) is 207 cm³/mol. The number of anilines is 4. The first-order valence-corrected chi connectivity index (χ1v) is 19.0. The number of aliphatic hydroxyl groups is 2. The van der Waals surface area contributed by atoms with Gasteiger partial charge in [-0.2, -0.15) is 0 Å². The maximum absolute atomic E-state index is 12.8. The van der Waals surface area contributed by atoms with Crippen LogP contribution in [0.3, 0.4) is 0 Å². The molecule has 12 nitrogen and oxygen atoms in total. The number of rotatable bonds is 15. The highest BCUT2D eigenvalue weighted by molar-refractivity contribution is 5.93. The summed E-state index contributed by atoms with van der Waals surface area (Å²) in [5.74, 6) is -0.121. The van der Waals surface area contributed by atoms with Gasteiger partial charge in [0.25, 0.3) is 0 Å². The van der Waals surface area contributed by atoms with Crippen LogP contribution in [-0.4, -0.2) is 85.3 Å². The molecule has 2 heterocycles. The van der Waals surface area contributed by atoms with Crippen molar-refractivity contribution in [3.05, 3.63) is 47.5 Å². The number of fused-ring (bicyclic) bond motifs is 2. The molecule has 0 bridgehead atoms. The predicted octanol–water partition coefficient (Wildman–Crippen LogP) is 4.37. The summed E-state index contributed by atoms with van der Waals surface area (Å²) in [4.78, 5) is 55.2. The first-order valence-electron chi connectivity index (χ1n) is 19.0. The van der Waals surface area contributed by atoms with Crippen molar-refractivity contribution in [1.82, 2.24) is 10.6 Å². The van der Waals surface area contributed by atoms with E-state index in [1.54, 1.807) is 0 Å². The number of aliphatic hydroxyl groups excluding tert-OH is 2. The highest BCUT2D eigenvalue weighted by Gasteiger charge is 2.33. The zero-order valence-corrected chi connectivity index (χ0v) is 31.8. The molecule has 2 aliphatic rings. The van der Waals surface area contributed by atoms with Crippen LogP contribution in [-0.2, 0) is 32.0 Å². The van der Waals surface area contributed by atoms with Gasteiger partial charge in [0.2, 0.25) is 23.6 Å². The van der Waals surface area contributed by atoms with E-state index < -0.39 is 0 Å². The van der Waals surface area contributed by atoms with Crippen molar-refractivity contribution >= 4 is 46.4 Å². The number of benzene rings is 2. The molecule has 2 aliphatic heterocycles. The third-order valence-electron chi connectivity index (χ3n) is 10.2. The lowest BCUT2D eigenvalue weighted by atomic mass is 9.95. The molecule has 52 heavy (non-hydrogen) atoms. The Morgan fingerprint density at radius 3 is 1.38 bits per heavy atom. The molecule has 0 radical (unpaired) electrons. The summed E-state index contributed by atoms with van der Waals surface area (Å²) in [6.07, 6.45) is 7.18. The van der Waals surface area contributed by atoms with E-state index in [2.05, 4.69) is 21.3 Å². The van der Waals surface area contributed by atoms with E-state index in [4.69, 9.17) is 0 Å². The SMILES string of the molecule is CC(C)[C@H]1C(=O)N[C@H](CO)Cc2cc(NC(=O)CCCCCCCCC(=O)Nc3ccc4c(c3)C[C@H](CO)NC(=O)[C@@H](C(C)C)N4C)ccc2N1C. The fraction of sp³-hybridized carbons (Fsp3) is 0.600. The summed E-state index contributed by atoms with van der Waals surface area (Å²) in [6, 6.07) is 10.0. The molecule has 0 saturated carbocycles. The summed E-state index contributed by atoms with van der Waals surface area (Å²) in [7, 11) is 3.82. The van der Waals surface area contributed by atoms with Gasteiger partial charge in [0.05, 0.1) is 25.3 Å². The minimum atomic E-state index is -0.389. The van der Waals surface area contributed by atoms with Gasteiger partial charge in [-0.05, 0) is 85.0 Å². The Morgan fingerprint density at radius 2 is 1.04 bits per heavy atom. The quantitative estimate of drug-likeness (QED) is 0.148. The van der Waals surface area contributed by atoms with Crippen LogP contribution in [0.15, 0.2) is 36.4 Å². The fourth-order valence-electron chi connectivity index (χ4n) is 7.64. The molecule has 4 amide bonds. The van der Waals surface area contributed by atoms with Gasteiger partial charge in [0.1, 0.15) is 12.1 Å². The van der Waals surface area contributed by atoms with E-state index in [1.165, 1.54) is 0 Å². The first kappa shape index (κ1) is 40.6. The molecule has 0 spiro atoms. The average molecular weight is 721 g/mol. The second kappa shape index (κ2) is 19.1. The van der Waals surface area contributed by atoms with Crippen LogP contribution in [0.5, 0.6) is 0 Å². The Balaban J connectivity index is 1.17. The van der Waals surface area contributed by atoms with Crippen molar-refractivity contribution in [2.24, 2.45) is 11.8 Å². The number of nitrogens with zero attached hydrogens (tertiary/aromatic N) is 2. The number of carbonyl (C=O) groups is 4. The molecule has 0 unspecified atom stereocenters. The van der Waals surface area contributed by atoms with Crippen LogP contribution in [0.4, 0.5) is 22.7 Å². The molecule has 0 aromatic heterocycles. The number of amides is 4. The van der Waals surface area contributed by atoms with Crippen LogP contribution in [0.25, 0.3) is 0 Å². The lowest BCUT2D eigenvalue weighted by Crippen LogP contribution is -2.54.